The van der Waals surface area contributed by atoms with Gasteiger partial charge in [-0.3, -0.25) is 9.89 Å². The Morgan fingerprint density at radius 2 is 2.22 bits per heavy atom. The third-order valence-electron chi connectivity index (χ3n) is 2.79. The summed E-state index contributed by atoms with van der Waals surface area (Å²) >= 11 is 0. The van der Waals surface area contributed by atoms with Crippen molar-refractivity contribution >= 4 is 5.91 Å². The predicted octanol–water partition coefficient (Wildman–Crippen LogP) is 1.60. The van der Waals surface area contributed by atoms with Gasteiger partial charge in [0.15, 0.2) is 0 Å². The molecule has 0 saturated carbocycles. The zero-order valence-corrected chi connectivity index (χ0v) is 11.6. The van der Waals surface area contributed by atoms with Crippen molar-refractivity contribution in [2.24, 2.45) is 0 Å². The van der Waals surface area contributed by atoms with Gasteiger partial charge in [-0.25, -0.2) is 0 Å². The Bertz CT molecular complexity index is 393. The highest BCUT2D eigenvalue weighted by atomic mass is 16.3. The maximum atomic E-state index is 11.9. The van der Waals surface area contributed by atoms with E-state index in [1.807, 2.05) is 6.92 Å². The Kier molecular flexibility index (Phi) is 4.90. The molecule has 5 heteroatoms. The molecule has 1 rings (SSSR count). The molecule has 0 aliphatic carbocycles. The standard InChI is InChI=1S/C13H23N3O2/c1-9(6-5-7-17)14-12(18)10-8-11(16-15-10)13(2,3)4/h8-9,17H,5-7H2,1-4H3,(H,14,18)(H,15,16). The van der Waals surface area contributed by atoms with Crippen molar-refractivity contribution in [1.29, 1.82) is 0 Å². The third kappa shape index (κ3) is 4.14. The maximum absolute atomic E-state index is 11.9. The van der Waals surface area contributed by atoms with E-state index in [-0.39, 0.29) is 24.0 Å². The second kappa shape index (κ2) is 6.00. The van der Waals surface area contributed by atoms with Crippen molar-refractivity contribution in [3.8, 4) is 0 Å². The fourth-order valence-corrected chi connectivity index (χ4v) is 1.59. The topological polar surface area (TPSA) is 78.0 Å². The highest BCUT2D eigenvalue weighted by Crippen LogP contribution is 2.20. The highest BCUT2D eigenvalue weighted by molar-refractivity contribution is 5.92. The van der Waals surface area contributed by atoms with E-state index in [1.165, 1.54) is 0 Å². The molecular formula is C13H23N3O2. The number of aromatic amines is 1. The van der Waals surface area contributed by atoms with Gasteiger partial charge in [-0.1, -0.05) is 20.8 Å². The van der Waals surface area contributed by atoms with E-state index in [9.17, 15) is 4.79 Å². The molecule has 0 aliphatic heterocycles. The summed E-state index contributed by atoms with van der Waals surface area (Å²) in [5.41, 5.74) is 1.31. The average Bonchev–Trinajstić information content (AvgIpc) is 2.75. The van der Waals surface area contributed by atoms with Gasteiger partial charge in [-0.15, -0.1) is 0 Å². The molecular weight excluding hydrogens is 230 g/mol. The number of hydrogen-bond donors (Lipinski definition) is 3. The van der Waals surface area contributed by atoms with Crippen LogP contribution in [0.5, 0.6) is 0 Å². The van der Waals surface area contributed by atoms with Crippen LogP contribution in [-0.2, 0) is 5.41 Å². The van der Waals surface area contributed by atoms with Crippen molar-refractivity contribution in [2.75, 3.05) is 6.61 Å². The smallest absolute Gasteiger partial charge is 0.271 e. The van der Waals surface area contributed by atoms with Crippen LogP contribution in [0.2, 0.25) is 0 Å². The van der Waals surface area contributed by atoms with Crippen molar-refractivity contribution in [2.45, 2.75) is 52.0 Å². The van der Waals surface area contributed by atoms with Gasteiger partial charge in [-0.05, 0) is 25.8 Å². The number of aliphatic hydroxyl groups excluding tert-OH is 1. The largest absolute Gasteiger partial charge is 0.396 e. The van der Waals surface area contributed by atoms with Crippen molar-refractivity contribution in [3.63, 3.8) is 0 Å². The van der Waals surface area contributed by atoms with Crippen LogP contribution in [-0.4, -0.2) is 33.9 Å². The monoisotopic (exact) mass is 253 g/mol. The lowest BCUT2D eigenvalue weighted by Gasteiger charge is -2.14. The van der Waals surface area contributed by atoms with E-state index in [2.05, 4.69) is 36.3 Å². The minimum Gasteiger partial charge on any atom is -0.396 e. The molecule has 1 aromatic heterocycles. The Morgan fingerprint density at radius 1 is 1.56 bits per heavy atom. The SMILES string of the molecule is CC(CCCO)NC(=O)c1cc(C(C)(C)C)[nH]n1. The van der Waals surface area contributed by atoms with Gasteiger partial charge < -0.3 is 10.4 Å². The maximum Gasteiger partial charge on any atom is 0.271 e. The molecule has 0 radical (unpaired) electrons. The number of aliphatic hydroxyl groups is 1. The Balaban J connectivity index is 2.59. The Morgan fingerprint density at radius 3 is 2.72 bits per heavy atom. The van der Waals surface area contributed by atoms with E-state index in [4.69, 9.17) is 5.11 Å². The summed E-state index contributed by atoms with van der Waals surface area (Å²) < 4.78 is 0. The zero-order valence-electron chi connectivity index (χ0n) is 11.6. The predicted molar refractivity (Wildman–Crippen MR) is 70.5 cm³/mol. The molecule has 0 bridgehead atoms. The molecule has 18 heavy (non-hydrogen) atoms. The van der Waals surface area contributed by atoms with Crippen LogP contribution in [0, 0.1) is 0 Å². The van der Waals surface area contributed by atoms with Gasteiger partial charge in [0.25, 0.3) is 5.91 Å². The molecule has 102 valence electrons. The first-order chi connectivity index (χ1) is 8.34. The van der Waals surface area contributed by atoms with Crippen molar-refractivity contribution in [1.82, 2.24) is 15.5 Å². The summed E-state index contributed by atoms with van der Waals surface area (Å²) in [6, 6.07) is 1.83. The summed E-state index contributed by atoms with van der Waals surface area (Å²) in [7, 11) is 0. The highest BCUT2D eigenvalue weighted by Gasteiger charge is 2.19. The quantitative estimate of drug-likeness (QED) is 0.746. The number of carbonyl (C=O) groups is 1. The van der Waals surface area contributed by atoms with Crippen LogP contribution in [0.3, 0.4) is 0 Å². The van der Waals surface area contributed by atoms with Gasteiger partial charge in [-0.2, -0.15) is 5.10 Å². The minimum atomic E-state index is -0.174. The van der Waals surface area contributed by atoms with E-state index >= 15 is 0 Å². The van der Waals surface area contributed by atoms with Gasteiger partial charge in [0.05, 0.1) is 0 Å². The number of carbonyl (C=O) groups excluding carboxylic acids is 1. The first kappa shape index (κ1) is 14.7. The molecule has 1 aromatic rings. The third-order valence-corrected chi connectivity index (χ3v) is 2.79. The van der Waals surface area contributed by atoms with Crippen molar-refractivity contribution in [3.05, 3.63) is 17.5 Å². The second-order valence-electron chi connectivity index (χ2n) is 5.66. The number of rotatable bonds is 5. The molecule has 0 aliphatic rings. The zero-order chi connectivity index (χ0) is 13.8. The van der Waals surface area contributed by atoms with Crippen LogP contribution >= 0.6 is 0 Å². The number of aromatic nitrogens is 2. The molecule has 0 aromatic carbocycles. The molecule has 0 spiro atoms. The second-order valence-corrected chi connectivity index (χ2v) is 5.66. The summed E-state index contributed by atoms with van der Waals surface area (Å²) in [4.78, 5) is 11.9. The number of hydrogen-bond acceptors (Lipinski definition) is 3. The lowest BCUT2D eigenvalue weighted by Crippen LogP contribution is -2.32. The molecule has 1 atom stereocenters. The molecule has 1 amide bonds. The normalized spacial score (nSPS) is 13.4. The van der Waals surface area contributed by atoms with E-state index in [0.717, 1.165) is 12.1 Å². The summed E-state index contributed by atoms with van der Waals surface area (Å²) in [6.45, 7) is 8.26. The van der Waals surface area contributed by atoms with Crippen LogP contribution in [0.1, 0.15) is 56.7 Å². The number of nitrogens with one attached hydrogen (secondary N) is 2. The lowest BCUT2D eigenvalue weighted by molar-refractivity contribution is 0.0931. The average molecular weight is 253 g/mol. The molecule has 5 nitrogen and oxygen atoms in total. The molecule has 0 saturated heterocycles. The number of H-pyrrole nitrogens is 1. The Hall–Kier alpha value is -1.36. The minimum absolute atomic E-state index is 0.0411. The van der Waals surface area contributed by atoms with Gasteiger partial charge in [0.2, 0.25) is 0 Å². The lowest BCUT2D eigenvalue weighted by atomic mass is 9.92. The Labute approximate surface area is 108 Å². The van der Waals surface area contributed by atoms with E-state index < -0.39 is 0 Å². The summed E-state index contributed by atoms with van der Waals surface area (Å²) in [5, 5.41) is 18.5. The summed E-state index contributed by atoms with van der Waals surface area (Å²) in [5.74, 6) is -0.174. The first-order valence-corrected chi connectivity index (χ1v) is 6.32. The van der Waals surface area contributed by atoms with Crippen LogP contribution in [0.4, 0.5) is 0 Å². The van der Waals surface area contributed by atoms with Crippen LogP contribution in [0.15, 0.2) is 6.07 Å². The van der Waals surface area contributed by atoms with Crippen LogP contribution in [0.25, 0.3) is 0 Å². The molecule has 0 fully saturated rings. The molecule has 3 N–H and O–H groups in total. The first-order valence-electron chi connectivity index (χ1n) is 6.32. The number of amides is 1. The molecule has 1 heterocycles. The summed E-state index contributed by atoms with van der Waals surface area (Å²) in [6.07, 6.45) is 1.45. The van der Waals surface area contributed by atoms with Gasteiger partial charge in [0, 0.05) is 23.8 Å². The molecule has 1 unspecified atom stereocenters. The van der Waals surface area contributed by atoms with Gasteiger partial charge >= 0.3 is 0 Å². The van der Waals surface area contributed by atoms with Crippen molar-refractivity contribution < 1.29 is 9.90 Å². The number of nitrogens with zero attached hydrogens (tertiary/aromatic N) is 1. The fraction of sp³-hybridized carbons (Fsp3) is 0.692. The van der Waals surface area contributed by atoms with Crippen LogP contribution < -0.4 is 5.32 Å². The van der Waals surface area contributed by atoms with E-state index in [1.54, 1.807) is 6.07 Å². The van der Waals surface area contributed by atoms with E-state index in [0.29, 0.717) is 12.1 Å². The van der Waals surface area contributed by atoms with Gasteiger partial charge in [0.1, 0.15) is 5.69 Å². The fourth-order valence-electron chi connectivity index (χ4n) is 1.59.